The molecule has 7 heteroatoms. The molecular formula is C13H6ClFN4O. The second kappa shape index (κ2) is 5.04. The Balaban J connectivity index is 2.97. The summed E-state index contributed by atoms with van der Waals surface area (Å²) in [6.45, 7) is 0. The summed E-state index contributed by atoms with van der Waals surface area (Å²) in [6, 6.07) is 7.11. The van der Waals surface area contributed by atoms with Crippen molar-refractivity contribution in [1.29, 1.82) is 10.5 Å². The van der Waals surface area contributed by atoms with E-state index in [1.54, 1.807) is 12.1 Å². The number of nitrogens with one attached hydrogen (secondary N) is 1. The summed E-state index contributed by atoms with van der Waals surface area (Å²) in [5.74, 6) is -0.976. The third-order valence-electron chi connectivity index (χ3n) is 2.67. The Morgan fingerprint density at radius 1 is 1.25 bits per heavy atom. The van der Waals surface area contributed by atoms with E-state index in [2.05, 4.69) is 4.98 Å². The lowest BCUT2D eigenvalue weighted by Gasteiger charge is -2.09. The summed E-state index contributed by atoms with van der Waals surface area (Å²) in [7, 11) is 0. The molecule has 3 N–H and O–H groups in total. The van der Waals surface area contributed by atoms with Crippen LogP contribution in [0.3, 0.4) is 0 Å². The van der Waals surface area contributed by atoms with Gasteiger partial charge in [0, 0.05) is 16.1 Å². The average molecular weight is 289 g/mol. The van der Waals surface area contributed by atoms with E-state index in [4.69, 9.17) is 27.9 Å². The fourth-order valence-electron chi connectivity index (χ4n) is 1.80. The van der Waals surface area contributed by atoms with Crippen LogP contribution < -0.4 is 11.3 Å². The highest BCUT2D eigenvalue weighted by Crippen LogP contribution is 2.31. The van der Waals surface area contributed by atoms with E-state index in [-0.39, 0.29) is 33.1 Å². The van der Waals surface area contributed by atoms with Crippen molar-refractivity contribution in [3.05, 3.63) is 50.5 Å². The molecule has 0 aliphatic rings. The van der Waals surface area contributed by atoms with Crippen molar-refractivity contribution < 1.29 is 4.39 Å². The number of nitriles is 2. The highest BCUT2D eigenvalue weighted by Gasteiger charge is 2.20. The van der Waals surface area contributed by atoms with Gasteiger partial charge < -0.3 is 10.7 Å². The molecule has 1 aromatic heterocycles. The van der Waals surface area contributed by atoms with Gasteiger partial charge in [0.1, 0.15) is 34.9 Å². The SMILES string of the molecule is N#Cc1c(N)[nH]c(=O)c(C#N)c1-c1ccc(Cl)cc1F. The number of aromatic nitrogens is 1. The number of halogens is 2. The zero-order chi connectivity index (χ0) is 14.9. The second-order valence-electron chi connectivity index (χ2n) is 3.84. The minimum atomic E-state index is -0.784. The van der Waals surface area contributed by atoms with Crippen LogP contribution in [0.25, 0.3) is 11.1 Å². The first-order valence-corrected chi connectivity index (χ1v) is 5.68. The number of aromatic amines is 1. The first-order chi connectivity index (χ1) is 9.49. The fraction of sp³-hybridized carbons (Fsp3) is 0. The van der Waals surface area contributed by atoms with Gasteiger partial charge in [-0.15, -0.1) is 0 Å². The van der Waals surface area contributed by atoms with Gasteiger partial charge in [-0.2, -0.15) is 10.5 Å². The number of rotatable bonds is 1. The van der Waals surface area contributed by atoms with E-state index in [1.165, 1.54) is 12.1 Å². The van der Waals surface area contributed by atoms with Crippen LogP contribution in [0, 0.1) is 28.5 Å². The molecule has 0 amide bonds. The van der Waals surface area contributed by atoms with E-state index >= 15 is 0 Å². The van der Waals surface area contributed by atoms with Crippen LogP contribution in [0.5, 0.6) is 0 Å². The van der Waals surface area contributed by atoms with E-state index in [0.29, 0.717) is 0 Å². The van der Waals surface area contributed by atoms with Crippen LogP contribution in [0.1, 0.15) is 11.1 Å². The molecule has 0 radical (unpaired) electrons. The van der Waals surface area contributed by atoms with E-state index in [9.17, 15) is 9.18 Å². The molecule has 1 aromatic carbocycles. The maximum atomic E-state index is 14.0. The van der Waals surface area contributed by atoms with Gasteiger partial charge in [0.25, 0.3) is 5.56 Å². The molecule has 1 heterocycles. The number of pyridine rings is 1. The largest absolute Gasteiger partial charge is 0.384 e. The zero-order valence-corrected chi connectivity index (χ0v) is 10.6. The molecule has 5 nitrogen and oxygen atoms in total. The van der Waals surface area contributed by atoms with Crippen LogP contribution >= 0.6 is 11.6 Å². The number of nitrogens with zero attached hydrogens (tertiary/aromatic N) is 2. The Hall–Kier alpha value is -2.83. The van der Waals surface area contributed by atoms with Crippen molar-refractivity contribution >= 4 is 17.4 Å². The maximum absolute atomic E-state index is 14.0. The number of nitrogens with two attached hydrogens (primary N) is 1. The van der Waals surface area contributed by atoms with Crippen LogP contribution in [0.4, 0.5) is 10.2 Å². The summed E-state index contributed by atoms with van der Waals surface area (Å²) in [5.41, 5.74) is 3.99. The minimum absolute atomic E-state index is 0.0831. The second-order valence-corrected chi connectivity index (χ2v) is 4.28. The van der Waals surface area contributed by atoms with Gasteiger partial charge in [-0.25, -0.2) is 4.39 Å². The number of hydrogen-bond acceptors (Lipinski definition) is 4. The Morgan fingerprint density at radius 3 is 2.45 bits per heavy atom. The molecule has 0 saturated carbocycles. The summed E-state index contributed by atoms with van der Waals surface area (Å²) in [4.78, 5) is 13.9. The van der Waals surface area contributed by atoms with Crippen molar-refractivity contribution in [2.75, 3.05) is 5.73 Å². The van der Waals surface area contributed by atoms with Gasteiger partial charge in [0.15, 0.2) is 0 Å². The van der Waals surface area contributed by atoms with Gasteiger partial charge in [0.2, 0.25) is 0 Å². The van der Waals surface area contributed by atoms with E-state index in [0.717, 1.165) is 6.07 Å². The molecule has 0 fully saturated rings. The normalized spacial score (nSPS) is 9.80. The number of nitrogen functional groups attached to an aromatic ring is 1. The molecule has 0 aliphatic carbocycles. The fourth-order valence-corrected chi connectivity index (χ4v) is 1.96. The van der Waals surface area contributed by atoms with Gasteiger partial charge >= 0.3 is 0 Å². The van der Waals surface area contributed by atoms with Crippen LogP contribution in [-0.2, 0) is 0 Å². The lowest BCUT2D eigenvalue weighted by molar-refractivity contribution is 0.631. The lowest BCUT2D eigenvalue weighted by atomic mass is 9.96. The summed E-state index contributed by atoms with van der Waals surface area (Å²) in [5, 5.41) is 18.3. The monoisotopic (exact) mass is 288 g/mol. The van der Waals surface area contributed by atoms with Gasteiger partial charge in [0.05, 0.1) is 0 Å². The summed E-state index contributed by atoms with van der Waals surface area (Å²) in [6.07, 6.45) is 0. The molecule has 0 unspecified atom stereocenters. The Morgan fingerprint density at radius 2 is 1.90 bits per heavy atom. The van der Waals surface area contributed by atoms with Crippen molar-refractivity contribution in [3.63, 3.8) is 0 Å². The van der Waals surface area contributed by atoms with Crippen molar-refractivity contribution in [2.45, 2.75) is 0 Å². The van der Waals surface area contributed by atoms with Crippen LogP contribution in [0.2, 0.25) is 5.02 Å². The van der Waals surface area contributed by atoms with Crippen LogP contribution in [-0.4, -0.2) is 4.98 Å². The van der Waals surface area contributed by atoms with E-state index in [1.807, 2.05) is 0 Å². The molecule has 0 bridgehead atoms. The van der Waals surface area contributed by atoms with Gasteiger partial charge in [-0.1, -0.05) is 11.6 Å². The van der Waals surface area contributed by atoms with Gasteiger partial charge in [-0.05, 0) is 18.2 Å². The quantitative estimate of drug-likeness (QED) is 0.838. The van der Waals surface area contributed by atoms with Crippen molar-refractivity contribution in [2.24, 2.45) is 0 Å². The summed E-state index contributed by atoms with van der Waals surface area (Å²) < 4.78 is 14.0. The summed E-state index contributed by atoms with van der Waals surface area (Å²) >= 11 is 5.65. The molecule has 20 heavy (non-hydrogen) atoms. The Bertz CT molecular complexity index is 845. The Kier molecular flexibility index (Phi) is 3.43. The maximum Gasteiger partial charge on any atom is 0.268 e. The molecule has 0 atom stereocenters. The zero-order valence-electron chi connectivity index (χ0n) is 9.87. The first kappa shape index (κ1) is 13.6. The first-order valence-electron chi connectivity index (χ1n) is 5.31. The molecule has 2 rings (SSSR count). The average Bonchev–Trinajstić information content (AvgIpc) is 2.38. The number of anilines is 1. The van der Waals surface area contributed by atoms with Crippen LogP contribution in [0.15, 0.2) is 23.0 Å². The van der Waals surface area contributed by atoms with E-state index < -0.39 is 11.4 Å². The molecule has 98 valence electrons. The van der Waals surface area contributed by atoms with Gasteiger partial charge in [-0.3, -0.25) is 4.79 Å². The highest BCUT2D eigenvalue weighted by molar-refractivity contribution is 6.30. The third kappa shape index (κ3) is 2.09. The molecular weight excluding hydrogens is 283 g/mol. The van der Waals surface area contributed by atoms with Crippen molar-refractivity contribution in [1.82, 2.24) is 4.98 Å². The number of hydrogen-bond donors (Lipinski definition) is 2. The molecule has 0 saturated heterocycles. The molecule has 0 spiro atoms. The smallest absolute Gasteiger partial charge is 0.268 e. The molecule has 2 aromatic rings. The third-order valence-corrected chi connectivity index (χ3v) is 2.90. The predicted octanol–water partition coefficient (Wildman–Crippen LogP) is 2.16. The number of benzene rings is 1. The number of H-pyrrole nitrogens is 1. The standard InChI is InChI=1S/C13H6ClFN4O/c14-6-1-2-7(10(15)3-6)11-8(4-16)12(18)19-13(20)9(11)5-17/h1-3H,(H3,18,19,20). The molecule has 0 aliphatic heterocycles. The Labute approximate surface area is 117 Å². The minimum Gasteiger partial charge on any atom is -0.384 e. The highest BCUT2D eigenvalue weighted by atomic mass is 35.5. The lowest BCUT2D eigenvalue weighted by Crippen LogP contribution is -2.16. The predicted molar refractivity (Wildman–Crippen MR) is 71.3 cm³/mol. The van der Waals surface area contributed by atoms with Crippen molar-refractivity contribution in [3.8, 4) is 23.3 Å². The topological polar surface area (TPSA) is 106 Å².